The molecule has 90 valence electrons. The van der Waals surface area contributed by atoms with Gasteiger partial charge in [0, 0.05) is 6.61 Å². The minimum absolute atomic E-state index is 0.0290. The van der Waals surface area contributed by atoms with Crippen molar-refractivity contribution in [1.29, 1.82) is 0 Å². The third-order valence-corrected chi connectivity index (χ3v) is 2.55. The molecule has 1 rings (SSSR count). The van der Waals surface area contributed by atoms with Gasteiger partial charge in [0.15, 0.2) is 11.5 Å². The second-order valence-electron chi connectivity index (χ2n) is 3.79. The van der Waals surface area contributed by atoms with Crippen LogP contribution >= 0.6 is 0 Å². The van der Waals surface area contributed by atoms with Crippen LogP contribution in [0.3, 0.4) is 0 Å². The largest absolute Gasteiger partial charge is 0.493 e. The van der Waals surface area contributed by atoms with Gasteiger partial charge in [-0.05, 0) is 25.3 Å². The zero-order valence-electron chi connectivity index (χ0n) is 9.82. The predicted molar refractivity (Wildman–Crippen MR) is 58.9 cm³/mol. The average molecular weight is 226 g/mol. The van der Waals surface area contributed by atoms with Crippen molar-refractivity contribution in [3.63, 3.8) is 0 Å². The number of hydrogen-bond acceptors (Lipinski definition) is 4. The Morgan fingerprint density at radius 2 is 2.31 bits per heavy atom. The van der Waals surface area contributed by atoms with E-state index in [1.165, 1.54) is 7.11 Å². The highest BCUT2D eigenvalue weighted by atomic mass is 16.5. The van der Waals surface area contributed by atoms with Crippen molar-refractivity contribution >= 4 is 11.6 Å². The molecule has 0 aromatic carbocycles. The molecule has 0 radical (unpaired) electrons. The van der Waals surface area contributed by atoms with E-state index in [0.717, 1.165) is 6.42 Å². The molecule has 0 bridgehead atoms. The van der Waals surface area contributed by atoms with E-state index in [0.29, 0.717) is 25.2 Å². The fourth-order valence-corrected chi connectivity index (χ4v) is 1.69. The molecule has 0 aromatic heterocycles. The summed E-state index contributed by atoms with van der Waals surface area (Å²) in [6.45, 7) is 2.56. The summed E-state index contributed by atoms with van der Waals surface area (Å²) >= 11 is 0. The van der Waals surface area contributed by atoms with E-state index in [-0.39, 0.29) is 18.2 Å². The van der Waals surface area contributed by atoms with Crippen molar-refractivity contribution in [3.8, 4) is 0 Å². The molecule has 0 aliphatic heterocycles. The van der Waals surface area contributed by atoms with Gasteiger partial charge in [0.05, 0.1) is 13.0 Å². The molecule has 0 saturated carbocycles. The summed E-state index contributed by atoms with van der Waals surface area (Å²) < 4.78 is 10.1. The van der Waals surface area contributed by atoms with Gasteiger partial charge in [-0.1, -0.05) is 6.92 Å². The zero-order chi connectivity index (χ0) is 12.0. The van der Waals surface area contributed by atoms with Crippen LogP contribution in [0.2, 0.25) is 0 Å². The Bertz CT molecular complexity index is 293. The lowest BCUT2D eigenvalue weighted by Gasteiger charge is -2.19. The number of Topliss-reactive ketones (excluding diaryl/α,β-unsaturated/α-hetero) is 2. The van der Waals surface area contributed by atoms with E-state index < -0.39 is 5.92 Å². The Kier molecular flexibility index (Phi) is 5.19. The monoisotopic (exact) mass is 226 g/mol. The first-order valence-corrected chi connectivity index (χ1v) is 5.59. The van der Waals surface area contributed by atoms with E-state index in [9.17, 15) is 9.59 Å². The number of hydrogen-bond donors (Lipinski definition) is 0. The van der Waals surface area contributed by atoms with Crippen molar-refractivity contribution < 1.29 is 19.1 Å². The zero-order valence-corrected chi connectivity index (χ0v) is 9.82. The number of allylic oxidation sites excluding steroid dienone is 2. The van der Waals surface area contributed by atoms with E-state index in [1.807, 2.05) is 6.92 Å². The highest BCUT2D eigenvalue weighted by Crippen LogP contribution is 2.21. The van der Waals surface area contributed by atoms with Gasteiger partial charge in [0.1, 0.15) is 6.61 Å². The fraction of sp³-hybridized carbons (Fsp3) is 0.667. The van der Waals surface area contributed by atoms with Crippen LogP contribution < -0.4 is 0 Å². The van der Waals surface area contributed by atoms with Gasteiger partial charge < -0.3 is 9.47 Å². The third kappa shape index (κ3) is 3.17. The second kappa shape index (κ2) is 6.43. The molecule has 4 heteroatoms. The van der Waals surface area contributed by atoms with Crippen molar-refractivity contribution in [2.45, 2.75) is 26.2 Å². The molecule has 0 aromatic rings. The summed E-state index contributed by atoms with van der Waals surface area (Å²) in [4.78, 5) is 23.5. The van der Waals surface area contributed by atoms with Crippen molar-refractivity contribution in [3.05, 3.63) is 11.8 Å². The van der Waals surface area contributed by atoms with Crippen LogP contribution in [0.25, 0.3) is 0 Å². The van der Waals surface area contributed by atoms with Crippen LogP contribution in [0.4, 0.5) is 0 Å². The van der Waals surface area contributed by atoms with Gasteiger partial charge in [-0.2, -0.15) is 0 Å². The van der Waals surface area contributed by atoms with E-state index in [2.05, 4.69) is 0 Å². The Morgan fingerprint density at radius 1 is 1.56 bits per heavy atom. The van der Waals surface area contributed by atoms with E-state index >= 15 is 0 Å². The topological polar surface area (TPSA) is 52.6 Å². The van der Waals surface area contributed by atoms with Crippen LogP contribution in [0, 0.1) is 5.92 Å². The number of methoxy groups -OCH3 is 1. The SMILES string of the molecule is CCCOCC(=O)C1CCC=C(OC)C1=O. The van der Waals surface area contributed by atoms with Crippen molar-refractivity contribution in [2.24, 2.45) is 5.92 Å². The van der Waals surface area contributed by atoms with Crippen molar-refractivity contribution in [2.75, 3.05) is 20.3 Å². The minimum Gasteiger partial charge on any atom is -0.493 e. The van der Waals surface area contributed by atoms with Crippen LogP contribution in [-0.2, 0) is 19.1 Å². The number of carbonyl (C=O) groups is 2. The van der Waals surface area contributed by atoms with Crippen LogP contribution in [0.5, 0.6) is 0 Å². The van der Waals surface area contributed by atoms with E-state index in [4.69, 9.17) is 9.47 Å². The first-order chi connectivity index (χ1) is 7.70. The molecule has 1 aliphatic carbocycles. The Balaban J connectivity index is 2.51. The average Bonchev–Trinajstić information content (AvgIpc) is 2.29. The molecule has 4 nitrogen and oxygen atoms in total. The molecule has 0 saturated heterocycles. The molecule has 1 atom stereocenters. The van der Waals surface area contributed by atoms with Crippen LogP contribution in [0.15, 0.2) is 11.8 Å². The van der Waals surface area contributed by atoms with Gasteiger partial charge in [-0.25, -0.2) is 0 Å². The number of ketones is 2. The summed E-state index contributed by atoms with van der Waals surface area (Å²) in [6, 6.07) is 0. The van der Waals surface area contributed by atoms with Crippen LogP contribution in [0.1, 0.15) is 26.2 Å². The van der Waals surface area contributed by atoms with Gasteiger partial charge >= 0.3 is 0 Å². The predicted octanol–water partition coefficient (Wildman–Crippen LogP) is 1.49. The normalized spacial score (nSPS) is 20.5. The highest BCUT2D eigenvalue weighted by Gasteiger charge is 2.31. The minimum atomic E-state index is -0.572. The molecule has 0 amide bonds. The molecular formula is C12H18O4. The maximum absolute atomic E-state index is 11.8. The molecule has 0 fully saturated rings. The molecule has 0 N–H and O–H groups in total. The maximum atomic E-state index is 11.8. The van der Waals surface area contributed by atoms with Gasteiger partial charge in [0.2, 0.25) is 5.78 Å². The fourth-order valence-electron chi connectivity index (χ4n) is 1.69. The molecule has 0 heterocycles. The molecule has 1 unspecified atom stereocenters. The van der Waals surface area contributed by atoms with Crippen LogP contribution in [-0.4, -0.2) is 31.9 Å². The molecule has 16 heavy (non-hydrogen) atoms. The molecular weight excluding hydrogens is 208 g/mol. The highest BCUT2D eigenvalue weighted by molar-refractivity contribution is 6.10. The lowest BCUT2D eigenvalue weighted by molar-refractivity contribution is -0.136. The smallest absolute Gasteiger partial charge is 0.207 e. The Morgan fingerprint density at radius 3 is 2.94 bits per heavy atom. The lowest BCUT2D eigenvalue weighted by Crippen LogP contribution is -2.31. The first kappa shape index (κ1) is 12.9. The number of ether oxygens (including phenoxy) is 2. The summed E-state index contributed by atoms with van der Waals surface area (Å²) in [5, 5.41) is 0. The Hall–Kier alpha value is -1.16. The lowest BCUT2D eigenvalue weighted by atomic mass is 9.88. The summed E-state index contributed by atoms with van der Waals surface area (Å²) in [5.41, 5.74) is 0. The van der Waals surface area contributed by atoms with Crippen molar-refractivity contribution in [1.82, 2.24) is 0 Å². The van der Waals surface area contributed by atoms with Gasteiger partial charge in [0.25, 0.3) is 0 Å². The quantitative estimate of drug-likeness (QED) is 0.508. The number of rotatable bonds is 6. The first-order valence-electron chi connectivity index (χ1n) is 5.59. The summed E-state index contributed by atoms with van der Waals surface area (Å²) in [6.07, 6.45) is 3.88. The van der Waals surface area contributed by atoms with E-state index in [1.54, 1.807) is 6.08 Å². The number of carbonyl (C=O) groups excluding carboxylic acids is 2. The summed E-state index contributed by atoms with van der Waals surface area (Å²) in [5.74, 6) is -0.614. The standard InChI is InChI=1S/C12H18O4/c1-3-7-16-8-10(13)9-5-4-6-11(15-2)12(9)14/h6,9H,3-5,7-8H2,1-2H3. The van der Waals surface area contributed by atoms with Gasteiger partial charge in [-0.3, -0.25) is 9.59 Å². The molecule has 1 aliphatic rings. The summed E-state index contributed by atoms with van der Waals surface area (Å²) in [7, 11) is 1.45. The second-order valence-corrected chi connectivity index (χ2v) is 3.79. The van der Waals surface area contributed by atoms with Gasteiger partial charge in [-0.15, -0.1) is 0 Å². The maximum Gasteiger partial charge on any atom is 0.207 e. The third-order valence-electron chi connectivity index (χ3n) is 2.55. The Labute approximate surface area is 95.6 Å². The molecule has 0 spiro atoms.